The largest absolute Gasteiger partial charge is 0.338 e. The van der Waals surface area contributed by atoms with Gasteiger partial charge in [0, 0.05) is 41.8 Å². The van der Waals surface area contributed by atoms with E-state index in [1.54, 1.807) is 45.6 Å². The highest BCUT2D eigenvalue weighted by Gasteiger charge is 2.29. The van der Waals surface area contributed by atoms with E-state index >= 15 is 0 Å². The van der Waals surface area contributed by atoms with Gasteiger partial charge in [-0.3, -0.25) is 15.1 Å². The Bertz CT molecular complexity index is 1420. The first-order valence-electron chi connectivity index (χ1n) is 10.4. The number of hydrogen-bond acceptors (Lipinski definition) is 8. The predicted molar refractivity (Wildman–Crippen MR) is 133 cm³/mol. The van der Waals surface area contributed by atoms with Crippen LogP contribution < -0.4 is 15.4 Å². The lowest BCUT2D eigenvalue weighted by atomic mass is 10.0. The van der Waals surface area contributed by atoms with Crippen LogP contribution >= 0.6 is 11.3 Å². The Balaban J connectivity index is 1.72. The van der Waals surface area contributed by atoms with E-state index in [1.807, 2.05) is 19.1 Å². The summed E-state index contributed by atoms with van der Waals surface area (Å²) in [6.07, 6.45) is 6.58. The number of nitrogens with one attached hydrogen (secondary N) is 4. The van der Waals surface area contributed by atoms with E-state index in [4.69, 9.17) is 0 Å². The van der Waals surface area contributed by atoms with Crippen molar-refractivity contribution in [1.82, 2.24) is 30.5 Å². The number of H-pyrrole nitrogens is 1. The minimum absolute atomic E-state index is 0.00288. The fourth-order valence-electron chi connectivity index (χ4n) is 2.97. The van der Waals surface area contributed by atoms with Gasteiger partial charge < -0.3 is 5.32 Å². The molecule has 0 bridgehead atoms. The molecule has 3 heterocycles. The second kappa shape index (κ2) is 8.99. The third kappa shape index (κ3) is 4.84. The zero-order valence-electron chi connectivity index (χ0n) is 19.0. The fraction of sp³-hybridized carbons (Fsp3) is 0.286. The third-order valence-electron chi connectivity index (χ3n) is 4.87. The van der Waals surface area contributed by atoms with Crippen molar-refractivity contribution in [3.05, 3.63) is 36.9 Å². The lowest BCUT2D eigenvalue weighted by Crippen LogP contribution is -2.34. The van der Waals surface area contributed by atoms with Crippen LogP contribution in [0, 0.1) is 0 Å². The van der Waals surface area contributed by atoms with Gasteiger partial charge in [0.05, 0.1) is 21.2 Å². The van der Waals surface area contributed by atoms with Crippen LogP contribution in [0.1, 0.15) is 27.7 Å². The molecule has 0 aliphatic rings. The van der Waals surface area contributed by atoms with Crippen molar-refractivity contribution in [1.29, 1.82) is 0 Å². The molecule has 0 aliphatic carbocycles. The number of thiazole rings is 1. The van der Waals surface area contributed by atoms with Crippen molar-refractivity contribution in [2.24, 2.45) is 0 Å². The number of nitrogens with zero attached hydrogens (tertiary/aromatic N) is 4. The SMILES string of the molecule is CCNC(=O)Nc1nc2cc(-c3cnc(NS(=O)(=O)C(C)(C)C)nc3)cc(-c3cn[nH]c3)c2s1. The van der Waals surface area contributed by atoms with Gasteiger partial charge in [0.15, 0.2) is 5.13 Å². The number of benzene rings is 1. The molecule has 178 valence electrons. The van der Waals surface area contributed by atoms with E-state index < -0.39 is 14.8 Å². The molecule has 0 saturated heterocycles. The van der Waals surface area contributed by atoms with Crippen molar-refractivity contribution in [2.45, 2.75) is 32.4 Å². The molecule has 0 radical (unpaired) electrons. The van der Waals surface area contributed by atoms with Crippen molar-refractivity contribution >= 4 is 48.7 Å². The topological polar surface area (TPSA) is 155 Å². The number of anilines is 2. The van der Waals surface area contributed by atoms with Gasteiger partial charge in [-0.1, -0.05) is 11.3 Å². The number of amides is 2. The smallest absolute Gasteiger partial charge is 0.321 e. The quantitative estimate of drug-likeness (QED) is 0.314. The van der Waals surface area contributed by atoms with Crippen LogP contribution in [0.15, 0.2) is 36.9 Å². The van der Waals surface area contributed by atoms with Gasteiger partial charge in [0.1, 0.15) is 0 Å². The Morgan fingerprint density at radius 3 is 2.44 bits per heavy atom. The Labute approximate surface area is 200 Å². The van der Waals surface area contributed by atoms with E-state index in [-0.39, 0.29) is 12.0 Å². The molecule has 1 aromatic carbocycles. The summed E-state index contributed by atoms with van der Waals surface area (Å²) in [4.78, 5) is 24.9. The van der Waals surface area contributed by atoms with Gasteiger partial charge in [-0.15, -0.1) is 0 Å². The van der Waals surface area contributed by atoms with Crippen molar-refractivity contribution < 1.29 is 13.2 Å². The average molecular weight is 501 g/mol. The second-order valence-corrected chi connectivity index (χ2v) is 11.8. The number of carbonyl (C=O) groups excluding carboxylic acids is 1. The molecular weight excluding hydrogens is 476 g/mol. The molecule has 2 amide bonds. The molecule has 0 atom stereocenters. The summed E-state index contributed by atoms with van der Waals surface area (Å²) < 4.78 is 27.1. The Kier molecular flexibility index (Phi) is 6.23. The summed E-state index contributed by atoms with van der Waals surface area (Å²) >= 11 is 1.36. The van der Waals surface area contributed by atoms with Crippen LogP contribution in [0.25, 0.3) is 32.5 Å². The fourth-order valence-corrected chi connectivity index (χ4v) is 4.60. The number of urea groups is 1. The number of carbonyl (C=O) groups is 1. The maximum absolute atomic E-state index is 12.4. The van der Waals surface area contributed by atoms with Gasteiger partial charge in [-0.05, 0) is 45.4 Å². The standard InChI is InChI=1S/C21H24N8O3S2/c1-5-22-19(30)28-20-27-16-7-12(6-15(17(16)33-20)14-10-25-26-11-14)13-8-23-18(24-9-13)29-34(31,32)21(2,3)4/h6-11H,5H2,1-4H3,(H,25,26)(H,23,24,29)(H2,22,27,28,30). The zero-order chi connectivity index (χ0) is 24.5. The lowest BCUT2D eigenvalue weighted by molar-refractivity contribution is 0.252. The van der Waals surface area contributed by atoms with Crippen LogP contribution in [-0.2, 0) is 10.0 Å². The molecule has 13 heteroatoms. The normalized spacial score (nSPS) is 12.0. The van der Waals surface area contributed by atoms with Gasteiger partial charge >= 0.3 is 6.03 Å². The van der Waals surface area contributed by atoms with Crippen LogP contribution in [0.2, 0.25) is 0 Å². The number of sulfonamides is 1. The summed E-state index contributed by atoms with van der Waals surface area (Å²) in [5, 5.41) is 12.8. The maximum Gasteiger partial charge on any atom is 0.321 e. The van der Waals surface area contributed by atoms with Crippen LogP contribution in [0.5, 0.6) is 0 Å². The molecule has 34 heavy (non-hydrogen) atoms. The molecule has 0 saturated carbocycles. The highest BCUT2D eigenvalue weighted by atomic mass is 32.2. The summed E-state index contributed by atoms with van der Waals surface area (Å²) in [7, 11) is -3.64. The second-order valence-electron chi connectivity index (χ2n) is 8.38. The van der Waals surface area contributed by atoms with E-state index in [2.05, 4.69) is 40.5 Å². The first-order chi connectivity index (χ1) is 16.1. The van der Waals surface area contributed by atoms with Crippen molar-refractivity contribution in [2.75, 3.05) is 16.6 Å². The molecule has 11 nitrogen and oxygen atoms in total. The summed E-state index contributed by atoms with van der Waals surface area (Å²) in [5.41, 5.74) is 3.87. The minimum atomic E-state index is -3.64. The predicted octanol–water partition coefficient (Wildman–Crippen LogP) is 3.83. The number of aromatic nitrogens is 5. The Morgan fingerprint density at radius 2 is 1.82 bits per heavy atom. The van der Waals surface area contributed by atoms with Gasteiger partial charge in [-0.25, -0.2) is 28.2 Å². The average Bonchev–Trinajstić information content (AvgIpc) is 3.42. The molecule has 0 fully saturated rings. The number of aromatic amines is 1. The lowest BCUT2D eigenvalue weighted by Gasteiger charge is -2.19. The molecule has 0 aliphatic heterocycles. The van der Waals surface area contributed by atoms with Crippen LogP contribution in [0.4, 0.5) is 15.9 Å². The maximum atomic E-state index is 12.4. The number of fused-ring (bicyclic) bond motifs is 1. The van der Waals surface area contributed by atoms with Gasteiger partial charge in [-0.2, -0.15) is 5.10 Å². The molecule has 0 spiro atoms. The molecule has 4 aromatic rings. The highest BCUT2D eigenvalue weighted by Crippen LogP contribution is 2.38. The summed E-state index contributed by atoms with van der Waals surface area (Å²) in [6, 6.07) is 3.50. The Morgan fingerprint density at radius 1 is 1.09 bits per heavy atom. The molecular formula is C21H24N8O3S2. The van der Waals surface area contributed by atoms with Crippen molar-refractivity contribution in [3.8, 4) is 22.3 Å². The van der Waals surface area contributed by atoms with Crippen molar-refractivity contribution in [3.63, 3.8) is 0 Å². The van der Waals surface area contributed by atoms with Crippen LogP contribution in [-0.4, -0.2) is 50.9 Å². The highest BCUT2D eigenvalue weighted by molar-refractivity contribution is 7.94. The van der Waals surface area contributed by atoms with E-state index in [9.17, 15) is 13.2 Å². The molecule has 3 aromatic heterocycles. The molecule has 0 unspecified atom stereocenters. The number of hydrogen-bond donors (Lipinski definition) is 4. The summed E-state index contributed by atoms with van der Waals surface area (Å²) in [5.74, 6) is -0.00288. The summed E-state index contributed by atoms with van der Waals surface area (Å²) in [6.45, 7) is 7.13. The monoisotopic (exact) mass is 500 g/mol. The molecule has 4 N–H and O–H groups in total. The third-order valence-corrected chi connectivity index (χ3v) is 7.96. The Hall–Kier alpha value is -3.58. The van der Waals surface area contributed by atoms with Crippen LogP contribution in [0.3, 0.4) is 0 Å². The number of rotatable bonds is 6. The van der Waals surface area contributed by atoms with Gasteiger partial charge in [0.25, 0.3) is 0 Å². The first kappa shape index (κ1) is 23.6. The minimum Gasteiger partial charge on any atom is -0.338 e. The first-order valence-corrected chi connectivity index (χ1v) is 12.7. The molecule has 4 rings (SSSR count). The van der Waals surface area contributed by atoms with E-state index in [0.717, 1.165) is 21.4 Å². The van der Waals surface area contributed by atoms with E-state index in [1.165, 1.54) is 11.3 Å². The van der Waals surface area contributed by atoms with Gasteiger partial charge in [0.2, 0.25) is 16.0 Å². The van der Waals surface area contributed by atoms with E-state index in [0.29, 0.717) is 22.8 Å². The zero-order valence-corrected chi connectivity index (χ0v) is 20.6.